The highest BCUT2D eigenvalue weighted by Gasteiger charge is 2.64. The maximum Gasteiger partial charge on any atom is 0.432 e. The standard InChI is InChI=1S/C9H11F3O4/c1-3-15-7(13)8(9(10,11)12)5-4-6(14-2)16-8/h4-6H,3H2,1-2H3/t6-,8-/m0/s1. The summed E-state index contributed by atoms with van der Waals surface area (Å²) < 4.78 is 51.8. The molecule has 0 bridgehead atoms. The van der Waals surface area contributed by atoms with E-state index < -0.39 is 24.0 Å². The SMILES string of the molecule is CCOC(=O)[C@]1(C(F)(F)F)C=C[C@@H](OC)O1. The third-order valence-corrected chi connectivity index (χ3v) is 2.02. The molecule has 2 atom stereocenters. The summed E-state index contributed by atoms with van der Waals surface area (Å²) in [6.45, 7) is 1.25. The molecular formula is C9H11F3O4. The summed E-state index contributed by atoms with van der Waals surface area (Å²) in [5, 5.41) is 0. The molecule has 4 nitrogen and oxygen atoms in total. The molecule has 0 saturated carbocycles. The second-order valence-electron chi connectivity index (χ2n) is 3.03. The van der Waals surface area contributed by atoms with Crippen LogP contribution in [0.1, 0.15) is 6.92 Å². The van der Waals surface area contributed by atoms with Gasteiger partial charge in [-0.3, -0.25) is 0 Å². The Hall–Kier alpha value is -1.08. The van der Waals surface area contributed by atoms with Crippen molar-refractivity contribution < 1.29 is 32.2 Å². The molecule has 0 saturated heterocycles. The zero-order valence-corrected chi connectivity index (χ0v) is 8.71. The van der Waals surface area contributed by atoms with Gasteiger partial charge in [-0.2, -0.15) is 13.2 Å². The van der Waals surface area contributed by atoms with Crippen molar-refractivity contribution in [1.29, 1.82) is 0 Å². The minimum Gasteiger partial charge on any atom is -0.463 e. The summed E-state index contributed by atoms with van der Waals surface area (Å²) in [6.07, 6.45) is -4.46. The minimum absolute atomic E-state index is 0.161. The van der Waals surface area contributed by atoms with Crippen LogP contribution in [-0.2, 0) is 19.0 Å². The Morgan fingerprint density at radius 1 is 1.56 bits per heavy atom. The van der Waals surface area contributed by atoms with Crippen molar-refractivity contribution in [3.8, 4) is 0 Å². The second kappa shape index (κ2) is 4.42. The monoisotopic (exact) mass is 240 g/mol. The minimum atomic E-state index is -4.89. The number of methoxy groups -OCH3 is 1. The van der Waals surface area contributed by atoms with Crippen LogP contribution in [0.25, 0.3) is 0 Å². The average Bonchev–Trinajstić information content (AvgIpc) is 2.62. The molecule has 16 heavy (non-hydrogen) atoms. The Morgan fingerprint density at radius 2 is 2.19 bits per heavy atom. The smallest absolute Gasteiger partial charge is 0.432 e. The summed E-state index contributed by atoms with van der Waals surface area (Å²) >= 11 is 0. The largest absolute Gasteiger partial charge is 0.463 e. The summed E-state index contributed by atoms with van der Waals surface area (Å²) in [6, 6.07) is 0. The van der Waals surface area contributed by atoms with E-state index in [1.807, 2.05) is 0 Å². The number of esters is 1. The Morgan fingerprint density at radius 3 is 2.56 bits per heavy atom. The van der Waals surface area contributed by atoms with Crippen molar-refractivity contribution in [1.82, 2.24) is 0 Å². The van der Waals surface area contributed by atoms with E-state index in [1.165, 1.54) is 14.0 Å². The molecule has 1 heterocycles. The third-order valence-electron chi connectivity index (χ3n) is 2.02. The summed E-state index contributed by atoms with van der Waals surface area (Å²) in [7, 11) is 1.17. The lowest BCUT2D eigenvalue weighted by Crippen LogP contribution is -2.52. The van der Waals surface area contributed by atoms with Gasteiger partial charge < -0.3 is 14.2 Å². The number of halogens is 3. The first-order valence-electron chi connectivity index (χ1n) is 4.51. The molecule has 7 heteroatoms. The summed E-state index contributed by atoms with van der Waals surface area (Å²) in [5.74, 6) is -1.49. The van der Waals surface area contributed by atoms with Crippen molar-refractivity contribution in [2.24, 2.45) is 0 Å². The van der Waals surface area contributed by atoms with Crippen molar-refractivity contribution in [3.05, 3.63) is 12.2 Å². The molecule has 1 aliphatic rings. The molecule has 0 radical (unpaired) electrons. The highest BCUT2D eigenvalue weighted by molar-refractivity contribution is 5.84. The van der Waals surface area contributed by atoms with Gasteiger partial charge in [0.2, 0.25) is 0 Å². The summed E-state index contributed by atoms with van der Waals surface area (Å²) in [5.41, 5.74) is -3.05. The fourth-order valence-corrected chi connectivity index (χ4v) is 1.23. The van der Waals surface area contributed by atoms with E-state index in [0.717, 1.165) is 6.08 Å². The van der Waals surface area contributed by atoms with E-state index in [4.69, 9.17) is 0 Å². The first-order chi connectivity index (χ1) is 7.37. The van der Waals surface area contributed by atoms with Crippen LogP contribution in [0.4, 0.5) is 13.2 Å². The van der Waals surface area contributed by atoms with Crippen molar-refractivity contribution in [2.45, 2.75) is 25.0 Å². The fraction of sp³-hybridized carbons (Fsp3) is 0.667. The maximum absolute atomic E-state index is 12.8. The molecule has 1 rings (SSSR count). The van der Waals surface area contributed by atoms with Crippen molar-refractivity contribution in [3.63, 3.8) is 0 Å². The van der Waals surface area contributed by atoms with E-state index in [0.29, 0.717) is 6.08 Å². The first kappa shape index (κ1) is 13.0. The molecule has 92 valence electrons. The lowest BCUT2D eigenvalue weighted by molar-refractivity contribution is -0.281. The van der Waals surface area contributed by atoms with Gasteiger partial charge in [-0.05, 0) is 19.1 Å². The van der Waals surface area contributed by atoms with E-state index >= 15 is 0 Å². The van der Waals surface area contributed by atoms with E-state index in [1.54, 1.807) is 0 Å². The molecule has 0 spiro atoms. The molecular weight excluding hydrogens is 229 g/mol. The highest BCUT2D eigenvalue weighted by atomic mass is 19.4. The van der Waals surface area contributed by atoms with Crippen LogP contribution in [0.3, 0.4) is 0 Å². The molecule has 0 fully saturated rings. The van der Waals surface area contributed by atoms with Crippen LogP contribution in [0.5, 0.6) is 0 Å². The van der Waals surface area contributed by atoms with Gasteiger partial charge in [-0.15, -0.1) is 0 Å². The Kier molecular flexibility index (Phi) is 3.59. The second-order valence-corrected chi connectivity index (χ2v) is 3.03. The number of hydrogen-bond donors (Lipinski definition) is 0. The molecule has 0 aromatic heterocycles. The van der Waals surface area contributed by atoms with E-state index in [9.17, 15) is 18.0 Å². The number of ether oxygens (including phenoxy) is 3. The van der Waals surface area contributed by atoms with Gasteiger partial charge in [0, 0.05) is 7.11 Å². The Balaban J connectivity index is 2.98. The molecule has 0 aromatic carbocycles. The number of carbonyl (C=O) groups excluding carboxylic acids is 1. The molecule has 0 aliphatic carbocycles. The Labute approximate surface area is 90.0 Å². The van der Waals surface area contributed by atoms with E-state index in [2.05, 4.69) is 14.2 Å². The van der Waals surface area contributed by atoms with Crippen LogP contribution in [-0.4, -0.2) is 37.8 Å². The van der Waals surface area contributed by atoms with Crippen LogP contribution in [0, 0.1) is 0 Å². The topological polar surface area (TPSA) is 44.8 Å². The zero-order valence-electron chi connectivity index (χ0n) is 8.71. The van der Waals surface area contributed by atoms with Gasteiger partial charge in [-0.25, -0.2) is 4.79 Å². The summed E-state index contributed by atoms with van der Waals surface area (Å²) in [4.78, 5) is 11.3. The molecule has 0 amide bonds. The predicted octanol–water partition coefficient (Wildman–Crippen LogP) is 1.41. The first-order valence-corrected chi connectivity index (χ1v) is 4.51. The van der Waals surface area contributed by atoms with Crippen molar-refractivity contribution in [2.75, 3.05) is 13.7 Å². The zero-order chi connectivity index (χ0) is 12.4. The normalized spacial score (nSPS) is 29.4. The average molecular weight is 240 g/mol. The molecule has 1 aliphatic heterocycles. The van der Waals surface area contributed by atoms with Crippen LogP contribution >= 0.6 is 0 Å². The number of hydrogen-bond acceptors (Lipinski definition) is 4. The quantitative estimate of drug-likeness (QED) is 0.552. The van der Waals surface area contributed by atoms with Gasteiger partial charge in [0.05, 0.1) is 6.61 Å². The molecule has 0 N–H and O–H groups in total. The van der Waals surface area contributed by atoms with Crippen molar-refractivity contribution >= 4 is 5.97 Å². The van der Waals surface area contributed by atoms with Crippen LogP contribution in [0.15, 0.2) is 12.2 Å². The number of rotatable bonds is 3. The van der Waals surface area contributed by atoms with Gasteiger partial charge in [-0.1, -0.05) is 0 Å². The van der Waals surface area contributed by atoms with Gasteiger partial charge >= 0.3 is 12.1 Å². The number of carbonyl (C=O) groups is 1. The van der Waals surface area contributed by atoms with Gasteiger partial charge in [0.15, 0.2) is 6.29 Å². The highest BCUT2D eigenvalue weighted by Crippen LogP contribution is 2.40. The van der Waals surface area contributed by atoms with E-state index in [-0.39, 0.29) is 6.61 Å². The molecule has 0 unspecified atom stereocenters. The predicted molar refractivity (Wildman–Crippen MR) is 46.4 cm³/mol. The van der Waals surface area contributed by atoms with Crippen LogP contribution < -0.4 is 0 Å². The Bertz CT molecular complexity index is 300. The molecule has 0 aromatic rings. The van der Waals surface area contributed by atoms with Gasteiger partial charge in [0.25, 0.3) is 5.60 Å². The van der Waals surface area contributed by atoms with Gasteiger partial charge in [0.1, 0.15) is 0 Å². The fourth-order valence-electron chi connectivity index (χ4n) is 1.23. The number of alkyl halides is 3. The lowest BCUT2D eigenvalue weighted by atomic mass is 10.0. The maximum atomic E-state index is 12.8. The lowest BCUT2D eigenvalue weighted by Gasteiger charge is -2.28. The van der Waals surface area contributed by atoms with Crippen LogP contribution in [0.2, 0.25) is 0 Å². The third kappa shape index (κ3) is 2.05.